The number of aryl methyl sites for hydroxylation is 1. The molecule has 1 N–H and O–H groups in total. The maximum absolute atomic E-state index is 6.10. The highest BCUT2D eigenvalue weighted by atomic mass is 35.5. The molecule has 1 saturated heterocycles. The number of hydrogen-bond donors (Lipinski definition) is 1. The first kappa shape index (κ1) is 14.5. The highest BCUT2D eigenvalue weighted by Gasteiger charge is 2.32. The van der Waals surface area contributed by atoms with Gasteiger partial charge < -0.3 is 14.8 Å². The fourth-order valence-corrected chi connectivity index (χ4v) is 2.64. The smallest absolute Gasteiger partial charge is 0.163 e. The molecule has 0 radical (unpaired) electrons. The van der Waals surface area contributed by atoms with Gasteiger partial charge in [-0.05, 0) is 26.8 Å². The summed E-state index contributed by atoms with van der Waals surface area (Å²) in [5, 5.41) is 13.7. The first-order chi connectivity index (χ1) is 9.94. The van der Waals surface area contributed by atoms with Crippen LogP contribution in [0.3, 0.4) is 0 Å². The van der Waals surface area contributed by atoms with Gasteiger partial charge in [-0.2, -0.15) is 0 Å². The number of fused-ring (bicyclic) bond motifs is 1. The minimum absolute atomic E-state index is 0.00247. The van der Waals surface area contributed by atoms with E-state index in [1.165, 1.54) is 0 Å². The Hall–Kier alpha value is -1.43. The first-order valence-corrected chi connectivity index (χ1v) is 7.30. The fourth-order valence-electron chi connectivity index (χ4n) is 2.44. The lowest BCUT2D eigenvalue weighted by molar-refractivity contribution is -0.136. The van der Waals surface area contributed by atoms with Crippen LogP contribution in [0.5, 0.6) is 0 Å². The minimum atomic E-state index is -0.517. The van der Waals surface area contributed by atoms with Crippen LogP contribution in [-0.4, -0.2) is 35.2 Å². The van der Waals surface area contributed by atoms with Crippen molar-refractivity contribution >= 4 is 28.2 Å². The van der Waals surface area contributed by atoms with Gasteiger partial charge in [0.2, 0.25) is 0 Å². The molecule has 1 aromatic heterocycles. The number of ether oxygens (including phenoxy) is 2. The molecular formula is C15H18ClN3O2. The molecule has 2 heterocycles. The van der Waals surface area contributed by atoms with Gasteiger partial charge in [0.25, 0.3) is 0 Å². The molecular weight excluding hydrogens is 290 g/mol. The predicted molar refractivity (Wildman–Crippen MR) is 82.7 cm³/mol. The van der Waals surface area contributed by atoms with Gasteiger partial charge in [0.1, 0.15) is 6.10 Å². The molecule has 0 amide bonds. The molecule has 0 aliphatic carbocycles. The largest absolute Gasteiger partial charge is 0.365 e. The molecule has 1 atom stereocenters. The zero-order valence-corrected chi connectivity index (χ0v) is 13.1. The molecule has 1 aliphatic rings. The van der Waals surface area contributed by atoms with Gasteiger partial charge in [0.05, 0.1) is 6.61 Å². The summed E-state index contributed by atoms with van der Waals surface area (Å²) in [6, 6.07) is 6.02. The summed E-state index contributed by atoms with van der Waals surface area (Å²) < 4.78 is 11.3. The molecule has 0 spiro atoms. The van der Waals surface area contributed by atoms with E-state index in [0.29, 0.717) is 24.1 Å². The van der Waals surface area contributed by atoms with E-state index in [1.807, 2.05) is 39.0 Å². The summed E-state index contributed by atoms with van der Waals surface area (Å²) >= 11 is 6.10. The van der Waals surface area contributed by atoms with Crippen molar-refractivity contribution in [3.63, 3.8) is 0 Å². The molecule has 0 unspecified atom stereocenters. The molecule has 1 fully saturated rings. The van der Waals surface area contributed by atoms with E-state index in [2.05, 4.69) is 15.5 Å². The van der Waals surface area contributed by atoms with Crippen molar-refractivity contribution in [2.45, 2.75) is 32.7 Å². The normalized spacial score (nSPS) is 20.9. The summed E-state index contributed by atoms with van der Waals surface area (Å²) in [6.45, 7) is 7.04. The highest BCUT2D eigenvalue weighted by molar-refractivity contribution is 6.34. The van der Waals surface area contributed by atoms with Gasteiger partial charge >= 0.3 is 0 Å². The van der Waals surface area contributed by atoms with Crippen LogP contribution in [0, 0.1) is 6.92 Å². The molecule has 0 saturated carbocycles. The third kappa shape index (κ3) is 3.10. The second-order valence-corrected chi connectivity index (χ2v) is 6.08. The number of benzene rings is 1. The number of halogens is 1. The predicted octanol–water partition coefficient (Wildman–Crippen LogP) is 3.16. The summed E-state index contributed by atoms with van der Waals surface area (Å²) in [6.07, 6.45) is -0.00247. The molecule has 112 valence electrons. The zero-order valence-electron chi connectivity index (χ0n) is 12.3. The van der Waals surface area contributed by atoms with Crippen LogP contribution in [0.2, 0.25) is 5.15 Å². The Morgan fingerprint density at radius 1 is 1.33 bits per heavy atom. The molecule has 0 bridgehead atoms. The molecule has 5 nitrogen and oxygen atoms in total. The maximum Gasteiger partial charge on any atom is 0.163 e. The summed E-state index contributed by atoms with van der Waals surface area (Å²) in [4.78, 5) is 0. The number of aromatic nitrogens is 2. The second kappa shape index (κ2) is 5.40. The van der Waals surface area contributed by atoms with E-state index in [9.17, 15) is 0 Å². The highest BCUT2D eigenvalue weighted by Crippen LogP contribution is 2.28. The van der Waals surface area contributed by atoms with E-state index in [4.69, 9.17) is 21.1 Å². The average molecular weight is 308 g/mol. The topological polar surface area (TPSA) is 56.3 Å². The van der Waals surface area contributed by atoms with Crippen LogP contribution in [0.1, 0.15) is 19.4 Å². The SMILES string of the molecule is Cc1ccc2c(Cl)nnc(NC[C@H]3COC(C)(C)O3)c2c1. The minimum Gasteiger partial charge on any atom is -0.365 e. The van der Waals surface area contributed by atoms with Crippen LogP contribution < -0.4 is 5.32 Å². The van der Waals surface area contributed by atoms with Gasteiger partial charge in [0, 0.05) is 17.3 Å². The molecule has 3 rings (SSSR count). The Labute approximate surface area is 128 Å². The van der Waals surface area contributed by atoms with E-state index < -0.39 is 5.79 Å². The van der Waals surface area contributed by atoms with Crippen LogP contribution in [-0.2, 0) is 9.47 Å². The standard InChI is InChI=1S/C15H18ClN3O2/c1-9-4-5-11-12(6-9)14(19-18-13(11)16)17-7-10-8-20-15(2,3)21-10/h4-6,10H,7-8H2,1-3H3,(H,17,19)/t10-/m0/s1. The van der Waals surface area contributed by atoms with Crippen molar-refractivity contribution in [1.82, 2.24) is 10.2 Å². The third-order valence-corrected chi connectivity index (χ3v) is 3.73. The molecule has 6 heteroatoms. The lowest BCUT2D eigenvalue weighted by Crippen LogP contribution is -2.26. The third-order valence-electron chi connectivity index (χ3n) is 3.45. The maximum atomic E-state index is 6.10. The number of nitrogens with zero attached hydrogens (tertiary/aromatic N) is 2. The van der Waals surface area contributed by atoms with Crippen molar-refractivity contribution in [2.75, 3.05) is 18.5 Å². The lowest BCUT2D eigenvalue weighted by atomic mass is 10.1. The van der Waals surface area contributed by atoms with Crippen molar-refractivity contribution < 1.29 is 9.47 Å². The number of anilines is 1. The lowest BCUT2D eigenvalue weighted by Gasteiger charge is -2.17. The monoisotopic (exact) mass is 307 g/mol. The van der Waals surface area contributed by atoms with E-state index in [1.54, 1.807) is 0 Å². The van der Waals surface area contributed by atoms with E-state index in [-0.39, 0.29) is 6.10 Å². The number of nitrogens with one attached hydrogen (secondary N) is 1. The first-order valence-electron chi connectivity index (χ1n) is 6.93. The van der Waals surface area contributed by atoms with Crippen molar-refractivity contribution in [3.05, 3.63) is 28.9 Å². The molecule has 21 heavy (non-hydrogen) atoms. The molecule has 1 aromatic carbocycles. The van der Waals surface area contributed by atoms with Crippen LogP contribution >= 0.6 is 11.6 Å². The van der Waals surface area contributed by atoms with Crippen LogP contribution in [0.25, 0.3) is 10.8 Å². The van der Waals surface area contributed by atoms with Gasteiger partial charge in [0.15, 0.2) is 16.8 Å². The van der Waals surface area contributed by atoms with Gasteiger partial charge in [-0.3, -0.25) is 0 Å². The number of rotatable bonds is 3. The summed E-state index contributed by atoms with van der Waals surface area (Å²) in [5.41, 5.74) is 1.15. The quantitative estimate of drug-likeness (QED) is 0.944. The average Bonchev–Trinajstić information content (AvgIpc) is 2.77. The number of hydrogen-bond acceptors (Lipinski definition) is 5. The Morgan fingerprint density at radius 2 is 2.14 bits per heavy atom. The second-order valence-electron chi connectivity index (χ2n) is 5.72. The van der Waals surface area contributed by atoms with Crippen molar-refractivity contribution in [3.8, 4) is 0 Å². The Kier molecular flexibility index (Phi) is 3.73. The summed E-state index contributed by atoms with van der Waals surface area (Å²) in [5.74, 6) is 0.197. The Morgan fingerprint density at radius 3 is 2.86 bits per heavy atom. The van der Waals surface area contributed by atoms with Crippen LogP contribution in [0.15, 0.2) is 18.2 Å². The van der Waals surface area contributed by atoms with Gasteiger partial charge in [-0.25, -0.2) is 0 Å². The van der Waals surface area contributed by atoms with Gasteiger partial charge in [-0.1, -0.05) is 29.3 Å². The Balaban J connectivity index is 1.81. The van der Waals surface area contributed by atoms with Crippen molar-refractivity contribution in [2.24, 2.45) is 0 Å². The Bertz CT molecular complexity index is 675. The molecule has 1 aliphatic heterocycles. The summed E-state index contributed by atoms with van der Waals surface area (Å²) in [7, 11) is 0. The zero-order chi connectivity index (χ0) is 15.0. The van der Waals surface area contributed by atoms with Crippen molar-refractivity contribution in [1.29, 1.82) is 0 Å². The van der Waals surface area contributed by atoms with E-state index >= 15 is 0 Å². The van der Waals surface area contributed by atoms with Gasteiger partial charge in [-0.15, -0.1) is 10.2 Å². The van der Waals surface area contributed by atoms with Crippen LogP contribution in [0.4, 0.5) is 5.82 Å². The fraction of sp³-hybridized carbons (Fsp3) is 0.467. The van der Waals surface area contributed by atoms with E-state index in [0.717, 1.165) is 16.3 Å². The molecule has 2 aromatic rings.